The van der Waals surface area contributed by atoms with E-state index in [-0.39, 0.29) is 12.2 Å². The van der Waals surface area contributed by atoms with Crippen molar-refractivity contribution in [3.05, 3.63) is 36.5 Å². The maximum atomic E-state index is 13.0. The minimum Gasteiger partial charge on any atom is -0.289 e. The van der Waals surface area contributed by atoms with Crippen LogP contribution in [-0.2, 0) is 13.6 Å². The van der Waals surface area contributed by atoms with E-state index >= 15 is 0 Å². The minimum absolute atomic E-state index is 0.175. The lowest BCUT2D eigenvalue weighted by molar-refractivity contribution is 0.137. The number of fused-ring (bicyclic) bond motifs is 1. The fourth-order valence-electron chi connectivity index (χ4n) is 1.94. The van der Waals surface area contributed by atoms with Crippen molar-refractivity contribution in [3.63, 3.8) is 0 Å². The fraction of sp³-hybridized carbons (Fsp3) is 0.429. The molecule has 5 heteroatoms. The fourth-order valence-corrected chi connectivity index (χ4v) is 3.94. The molecule has 0 radical (unpaired) electrons. The first-order chi connectivity index (χ1) is 8.92. The first kappa shape index (κ1) is 14.3. The van der Waals surface area contributed by atoms with Gasteiger partial charge >= 0.3 is 7.75 Å². The number of aromatic nitrogens is 1. The number of hydrogen-bond donors (Lipinski definition) is 0. The van der Waals surface area contributed by atoms with Gasteiger partial charge in [-0.3, -0.25) is 13.4 Å². The summed E-state index contributed by atoms with van der Waals surface area (Å²) >= 11 is 0. The molecule has 0 unspecified atom stereocenters. The van der Waals surface area contributed by atoms with Crippen LogP contribution in [0.4, 0.5) is 0 Å². The van der Waals surface area contributed by atoms with Gasteiger partial charge in [0, 0.05) is 11.6 Å². The maximum Gasteiger partial charge on any atom is 0.439 e. The smallest absolute Gasteiger partial charge is 0.289 e. The van der Waals surface area contributed by atoms with Crippen molar-refractivity contribution in [2.45, 2.75) is 39.9 Å². The standard InChI is InChI=1S/C14H20NO3P/c1-11(2)17-19(16,18-12(3)4)15-10-9-13-7-5-6-8-14(13)15/h5-12H,1-4H3. The van der Waals surface area contributed by atoms with Crippen LogP contribution in [0.15, 0.2) is 36.5 Å². The molecule has 0 aliphatic rings. The van der Waals surface area contributed by atoms with Crippen molar-refractivity contribution >= 4 is 18.6 Å². The van der Waals surface area contributed by atoms with Crippen LogP contribution in [0.1, 0.15) is 27.7 Å². The zero-order chi connectivity index (χ0) is 14.0. The summed E-state index contributed by atoms with van der Waals surface area (Å²) in [5.41, 5.74) is 0.854. The van der Waals surface area contributed by atoms with E-state index in [9.17, 15) is 4.57 Å². The van der Waals surface area contributed by atoms with Crippen LogP contribution in [0.3, 0.4) is 0 Å². The summed E-state index contributed by atoms with van der Waals surface area (Å²) in [5.74, 6) is 0. The van der Waals surface area contributed by atoms with Gasteiger partial charge in [0.1, 0.15) is 0 Å². The predicted molar refractivity (Wildman–Crippen MR) is 77.4 cm³/mol. The van der Waals surface area contributed by atoms with E-state index in [0.717, 1.165) is 10.9 Å². The van der Waals surface area contributed by atoms with Crippen molar-refractivity contribution in [2.24, 2.45) is 0 Å². The van der Waals surface area contributed by atoms with Gasteiger partial charge in [0.05, 0.1) is 17.7 Å². The molecule has 0 aliphatic heterocycles. The molecule has 0 saturated heterocycles. The second-order valence-corrected chi connectivity index (χ2v) is 6.79. The van der Waals surface area contributed by atoms with Gasteiger partial charge in [0.2, 0.25) is 0 Å². The molecule has 0 aliphatic carbocycles. The molecule has 1 heterocycles. The molecular formula is C14H20NO3P. The summed E-state index contributed by atoms with van der Waals surface area (Å²) in [6.45, 7) is 7.40. The number of nitrogens with zero attached hydrogens (tertiary/aromatic N) is 1. The number of hydrogen-bond acceptors (Lipinski definition) is 3. The lowest BCUT2D eigenvalue weighted by Gasteiger charge is -2.24. The van der Waals surface area contributed by atoms with Gasteiger partial charge in [-0.05, 0) is 39.8 Å². The second-order valence-electron chi connectivity index (χ2n) is 5.00. The van der Waals surface area contributed by atoms with Gasteiger partial charge in [0.25, 0.3) is 0 Å². The van der Waals surface area contributed by atoms with Gasteiger partial charge < -0.3 is 0 Å². The highest BCUT2D eigenvalue weighted by atomic mass is 31.2. The molecular weight excluding hydrogens is 261 g/mol. The molecule has 2 rings (SSSR count). The minimum atomic E-state index is -3.37. The Morgan fingerprint density at radius 2 is 1.58 bits per heavy atom. The topological polar surface area (TPSA) is 40.5 Å². The Balaban J connectivity index is 2.51. The monoisotopic (exact) mass is 281 g/mol. The predicted octanol–water partition coefficient (Wildman–Crippen LogP) is 4.45. The normalized spacial score (nSPS) is 12.7. The van der Waals surface area contributed by atoms with Crippen LogP contribution in [0.2, 0.25) is 0 Å². The van der Waals surface area contributed by atoms with Crippen LogP contribution in [0.5, 0.6) is 0 Å². The van der Waals surface area contributed by atoms with Crippen LogP contribution in [-0.4, -0.2) is 16.5 Å². The molecule has 0 atom stereocenters. The molecule has 1 aromatic carbocycles. The molecule has 104 valence electrons. The van der Waals surface area contributed by atoms with Crippen LogP contribution in [0, 0.1) is 0 Å². The third kappa shape index (κ3) is 3.08. The molecule has 2 aromatic rings. The average molecular weight is 281 g/mol. The molecule has 19 heavy (non-hydrogen) atoms. The van der Waals surface area contributed by atoms with Gasteiger partial charge in [-0.1, -0.05) is 18.2 Å². The Hall–Kier alpha value is -1.09. The Bertz CT molecular complexity index is 590. The van der Waals surface area contributed by atoms with Crippen molar-refractivity contribution in [1.82, 2.24) is 4.34 Å². The van der Waals surface area contributed by atoms with Crippen LogP contribution < -0.4 is 0 Å². The van der Waals surface area contributed by atoms with E-state index in [4.69, 9.17) is 9.05 Å². The number of rotatable bonds is 5. The molecule has 0 amide bonds. The van der Waals surface area contributed by atoms with Crippen LogP contribution in [0.25, 0.3) is 10.9 Å². The van der Waals surface area contributed by atoms with E-state index in [1.165, 1.54) is 0 Å². The van der Waals surface area contributed by atoms with Crippen molar-refractivity contribution in [1.29, 1.82) is 0 Å². The molecule has 0 N–H and O–H groups in total. The van der Waals surface area contributed by atoms with Crippen molar-refractivity contribution in [2.75, 3.05) is 0 Å². The largest absolute Gasteiger partial charge is 0.439 e. The Morgan fingerprint density at radius 1 is 1.00 bits per heavy atom. The molecule has 4 nitrogen and oxygen atoms in total. The third-order valence-electron chi connectivity index (χ3n) is 2.53. The third-order valence-corrected chi connectivity index (χ3v) is 4.78. The van der Waals surface area contributed by atoms with Gasteiger partial charge in [-0.2, -0.15) is 0 Å². The van der Waals surface area contributed by atoms with Gasteiger partial charge in [-0.15, -0.1) is 0 Å². The van der Waals surface area contributed by atoms with E-state index in [1.54, 1.807) is 10.5 Å². The van der Waals surface area contributed by atoms with Gasteiger partial charge in [-0.25, -0.2) is 4.57 Å². The first-order valence-corrected chi connectivity index (χ1v) is 7.96. The highest BCUT2D eigenvalue weighted by Gasteiger charge is 2.31. The Labute approximate surface area is 113 Å². The summed E-state index contributed by atoms with van der Waals surface area (Å²) in [6.07, 6.45) is 1.41. The van der Waals surface area contributed by atoms with E-state index in [0.29, 0.717) is 0 Å². The van der Waals surface area contributed by atoms with Crippen LogP contribution >= 0.6 is 7.75 Å². The highest BCUT2D eigenvalue weighted by Crippen LogP contribution is 2.53. The molecule has 0 bridgehead atoms. The highest BCUT2D eigenvalue weighted by molar-refractivity contribution is 7.52. The lowest BCUT2D eigenvalue weighted by atomic mass is 10.3. The molecule has 0 spiro atoms. The lowest BCUT2D eigenvalue weighted by Crippen LogP contribution is -2.12. The van der Waals surface area contributed by atoms with Gasteiger partial charge in [0.15, 0.2) is 0 Å². The summed E-state index contributed by atoms with van der Waals surface area (Å²) in [6, 6.07) is 9.66. The number of benzene rings is 1. The Kier molecular flexibility index (Phi) is 4.14. The molecule has 0 saturated carbocycles. The maximum absolute atomic E-state index is 13.0. The Morgan fingerprint density at radius 3 is 2.16 bits per heavy atom. The molecule has 0 fully saturated rings. The average Bonchev–Trinajstić information content (AvgIpc) is 2.70. The van der Waals surface area contributed by atoms with E-state index < -0.39 is 7.75 Å². The van der Waals surface area contributed by atoms with Crippen molar-refractivity contribution in [3.8, 4) is 0 Å². The quantitative estimate of drug-likeness (QED) is 0.760. The van der Waals surface area contributed by atoms with E-state index in [2.05, 4.69) is 0 Å². The second kappa shape index (κ2) is 5.49. The first-order valence-electron chi connectivity index (χ1n) is 6.46. The molecule has 1 aromatic heterocycles. The number of para-hydroxylation sites is 1. The zero-order valence-electron chi connectivity index (χ0n) is 11.7. The van der Waals surface area contributed by atoms with E-state index in [1.807, 2.05) is 58.0 Å². The summed E-state index contributed by atoms with van der Waals surface area (Å²) in [4.78, 5) is 0. The summed E-state index contributed by atoms with van der Waals surface area (Å²) < 4.78 is 25.8. The summed E-state index contributed by atoms with van der Waals surface area (Å²) in [7, 11) is -3.37. The van der Waals surface area contributed by atoms with Crippen molar-refractivity contribution < 1.29 is 13.6 Å². The summed E-state index contributed by atoms with van der Waals surface area (Å²) in [5, 5.41) is 1.02. The zero-order valence-corrected chi connectivity index (χ0v) is 12.6. The SMILES string of the molecule is CC(C)OP(=O)(OC(C)C)n1ccc2ccccc21.